The number of halogens is 3. The van der Waals surface area contributed by atoms with Gasteiger partial charge in [-0.15, -0.1) is 11.3 Å². The van der Waals surface area contributed by atoms with Crippen molar-refractivity contribution in [1.29, 1.82) is 0 Å². The molecular weight excluding hydrogens is 862 g/mol. The number of alkyl halides is 3. The lowest BCUT2D eigenvalue weighted by Gasteiger charge is -2.46. The van der Waals surface area contributed by atoms with Gasteiger partial charge < -0.3 is 28.7 Å². The van der Waals surface area contributed by atoms with Crippen LogP contribution in [0.2, 0.25) is 0 Å². The minimum Gasteiger partial charge on any atom is -0.463 e. The zero-order valence-electron chi connectivity index (χ0n) is 37.0. The predicted molar refractivity (Wildman–Crippen MR) is 239 cm³/mol. The highest BCUT2D eigenvalue weighted by molar-refractivity contribution is 7.26. The van der Waals surface area contributed by atoms with E-state index in [0.29, 0.717) is 76.2 Å². The number of aryl methyl sites for hydroxylation is 1. The van der Waals surface area contributed by atoms with Crippen molar-refractivity contribution < 1.29 is 41.7 Å². The van der Waals surface area contributed by atoms with Crippen molar-refractivity contribution in [2.75, 3.05) is 44.3 Å². The minimum atomic E-state index is -4.71. The first-order valence-corrected chi connectivity index (χ1v) is 23.0. The van der Waals surface area contributed by atoms with Gasteiger partial charge >= 0.3 is 24.4 Å². The second kappa shape index (κ2) is 16.3. The summed E-state index contributed by atoms with van der Waals surface area (Å²) in [5, 5.41) is 6.26. The first kappa shape index (κ1) is 43.2. The van der Waals surface area contributed by atoms with Crippen LogP contribution >= 0.6 is 11.3 Å². The number of piperazine rings is 1. The van der Waals surface area contributed by atoms with E-state index in [2.05, 4.69) is 10.00 Å². The average Bonchev–Trinajstić information content (AvgIpc) is 3.93. The van der Waals surface area contributed by atoms with E-state index in [1.165, 1.54) is 24.5 Å². The molecule has 14 nitrogen and oxygen atoms in total. The molecular formula is C47H51F3N8O6S. The zero-order valence-corrected chi connectivity index (χ0v) is 37.8. The van der Waals surface area contributed by atoms with Crippen LogP contribution in [0.4, 0.5) is 28.6 Å². The van der Waals surface area contributed by atoms with E-state index in [4.69, 9.17) is 33.9 Å². The molecule has 2 amide bonds. The number of pyridine rings is 1. The number of fused-ring (bicyclic) bond motifs is 6. The molecule has 3 atom stereocenters. The van der Waals surface area contributed by atoms with E-state index in [9.17, 15) is 9.59 Å². The van der Waals surface area contributed by atoms with E-state index < -0.39 is 28.8 Å². The summed E-state index contributed by atoms with van der Waals surface area (Å²) in [6.45, 7) is 11.7. The first-order chi connectivity index (χ1) is 31.0. The van der Waals surface area contributed by atoms with Crippen molar-refractivity contribution >= 4 is 60.5 Å². The highest BCUT2D eigenvalue weighted by Gasteiger charge is 2.46. The molecule has 4 fully saturated rings. The number of benzene rings is 2. The largest absolute Gasteiger partial charge is 0.463 e. The number of hydrogen-bond acceptors (Lipinski definition) is 12. The monoisotopic (exact) mass is 912 g/mol. The van der Waals surface area contributed by atoms with Crippen molar-refractivity contribution in [1.82, 2.24) is 34.5 Å². The number of rotatable bonds is 8. The van der Waals surface area contributed by atoms with Crippen LogP contribution in [0.3, 0.4) is 0 Å². The number of hydrogen-bond donors (Lipinski definition) is 0. The Balaban J connectivity index is 1.03. The Labute approximate surface area is 377 Å². The minimum absolute atomic E-state index is 0.0496. The molecule has 8 heterocycles. The lowest BCUT2D eigenvalue weighted by molar-refractivity contribution is -0.137. The molecule has 4 aliphatic heterocycles. The Morgan fingerprint density at radius 3 is 2.42 bits per heavy atom. The van der Waals surface area contributed by atoms with Gasteiger partial charge in [0.05, 0.1) is 45.1 Å². The van der Waals surface area contributed by atoms with Gasteiger partial charge in [0.1, 0.15) is 29.5 Å². The summed E-state index contributed by atoms with van der Waals surface area (Å²) in [5.74, 6) is 0.562. The molecule has 4 aromatic heterocycles. The van der Waals surface area contributed by atoms with Gasteiger partial charge in [-0.05, 0) is 83.1 Å². The average molecular weight is 913 g/mol. The molecule has 4 aliphatic rings. The van der Waals surface area contributed by atoms with Gasteiger partial charge in [0.25, 0.3) is 0 Å². The maximum Gasteiger partial charge on any atom is 0.417 e. The maximum atomic E-state index is 15.3. The van der Waals surface area contributed by atoms with E-state index in [0.717, 1.165) is 31.2 Å². The van der Waals surface area contributed by atoms with Crippen LogP contribution in [-0.4, -0.2) is 104 Å². The van der Waals surface area contributed by atoms with E-state index in [1.807, 2.05) is 62.9 Å². The van der Waals surface area contributed by atoms with Gasteiger partial charge in [0.2, 0.25) is 0 Å². The maximum absolute atomic E-state index is 15.3. The standard InChI is InChI=1S/C47H51F3N8O6S/c1-27-19-33-32(20-52-58(33)34-13-9-10-18-61-34)35(37(27)47(48,49)50)38-39-31(16-17-51-38)36-40(55-21-29-14-15-30(22-55)57(29)44(60)64-45(2,3)4)53-42(54-41(36)65-39)63-26-46(5)24-56(25-46)43(59)62-23-28-11-7-6-8-12-28/h6-8,11-12,16-17,19-20,29-30,34H,9-10,13-15,18,21-26H2,1-5H3. The number of ether oxygens (including phenoxy) is 4. The smallest absolute Gasteiger partial charge is 0.417 e. The lowest BCUT2D eigenvalue weighted by atomic mass is 9.83. The Hall–Kier alpha value is -5.75. The van der Waals surface area contributed by atoms with Crippen LogP contribution in [0.15, 0.2) is 54.9 Å². The van der Waals surface area contributed by atoms with Crippen molar-refractivity contribution in [2.45, 2.75) is 103 Å². The third-order valence-electron chi connectivity index (χ3n) is 12.8. The summed E-state index contributed by atoms with van der Waals surface area (Å²) in [6.07, 6.45) is 1.28. The summed E-state index contributed by atoms with van der Waals surface area (Å²) < 4.78 is 72.0. The quantitative estimate of drug-likeness (QED) is 0.144. The number of carbonyl (C=O) groups excluding carboxylic acids is 2. The Morgan fingerprint density at radius 2 is 1.72 bits per heavy atom. The molecule has 10 rings (SSSR count). The summed E-state index contributed by atoms with van der Waals surface area (Å²) in [4.78, 5) is 47.2. The third kappa shape index (κ3) is 8.16. The molecule has 0 radical (unpaired) electrons. The predicted octanol–water partition coefficient (Wildman–Crippen LogP) is 9.91. The van der Waals surface area contributed by atoms with Crippen molar-refractivity contribution in [2.24, 2.45) is 5.41 Å². The summed E-state index contributed by atoms with van der Waals surface area (Å²) >= 11 is 1.24. The molecule has 6 aromatic rings. The number of likely N-dealkylation sites (tertiary alicyclic amines) is 1. The highest BCUT2D eigenvalue weighted by atomic mass is 32.1. The van der Waals surface area contributed by atoms with Gasteiger partial charge in [-0.2, -0.15) is 28.2 Å². The van der Waals surface area contributed by atoms with Gasteiger partial charge in [-0.25, -0.2) is 14.3 Å². The van der Waals surface area contributed by atoms with Crippen molar-refractivity contribution in [3.05, 3.63) is 71.5 Å². The summed E-state index contributed by atoms with van der Waals surface area (Å²) in [6, 6.07) is 12.6. The second-order valence-electron chi connectivity index (χ2n) is 19.1. The molecule has 4 saturated heterocycles. The molecule has 0 N–H and O–H groups in total. The molecule has 2 bridgehead atoms. The highest BCUT2D eigenvalue weighted by Crippen LogP contribution is 2.49. The van der Waals surface area contributed by atoms with Crippen LogP contribution in [-0.2, 0) is 27.0 Å². The van der Waals surface area contributed by atoms with Crippen molar-refractivity contribution in [3.63, 3.8) is 0 Å². The SMILES string of the molecule is Cc1cc2c(cnn2C2CCCCO2)c(-c2nccc3c2sc2nc(OCC4(C)CN(C(=O)OCc5ccccc5)C4)nc(N4CC5CCC(C4)N5C(=O)OC(C)(C)C)c23)c1C(F)(F)F. The number of carbonyl (C=O) groups is 2. The number of anilines is 1. The molecule has 65 heavy (non-hydrogen) atoms. The molecule has 0 spiro atoms. The Morgan fingerprint density at radius 1 is 0.969 bits per heavy atom. The van der Waals surface area contributed by atoms with Crippen LogP contribution in [0.25, 0.3) is 42.5 Å². The molecule has 342 valence electrons. The zero-order chi connectivity index (χ0) is 45.4. The van der Waals surface area contributed by atoms with Gasteiger partial charge in [0, 0.05) is 60.7 Å². The fraction of sp³-hybridized carbons (Fsp3) is 0.489. The van der Waals surface area contributed by atoms with Gasteiger partial charge in [0.15, 0.2) is 6.23 Å². The number of amides is 2. The van der Waals surface area contributed by atoms with Crippen molar-refractivity contribution in [3.8, 4) is 17.3 Å². The fourth-order valence-electron chi connectivity index (χ4n) is 9.94. The second-order valence-corrected chi connectivity index (χ2v) is 20.1. The van der Waals surface area contributed by atoms with Crippen LogP contribution in [0, 0.1) is 12.3 Å². The molecule has 18 heteroatoms. The topological polar surface area (TPSA) is 137 Å². The van der Waals surface area contributed by atoms with E-state index in [-0.39, 0.29) is 60.4 Å². The molecule has 3 unspecified atom stereocenters. The first-order valence-electron chi connectivity index (χ1n) is 22.2. The van der Waals surface area contributed by atoms with Gasteiger partial charge in [-0.1, -0.05) is 37.3 Å². The van der Waals surface area contributed by atoms with Gasteiger partial charge in [-0.3, -0.25) is 9.88 Å². The Bertz CT molecular complexity index is 2780. The molecule has 0 saturated carbocycles. The van der Waals surface area contributed by atoms with E-state index >= 15 is 13.2 Å². The number of aromatic nitrogens is 5. The number of thiophene rings is 1. The van der Waals surface area contributed by atoms with Crippen LogP contribution in [0.5, 0.6) is 6.01 Å². The van der Waals surface area contributed by atoms with E-state index in [1.54, 1.807) is 27.9 Å². The molecule has 0 aliphatic carbocycles. The normalized spacial score (nSPS) is 21.0. The molecule has 2 aromatic carbocycles. The summed E-state index contributed by atoms with van der Waals surface area (Å²) in [5.41, 5.74) is -0.243. The third-order valence-corrected chi connectivity index (χ3v) is 13.9. The fourth-order valence-corrected chi connectivity index (χ4v) is 11.1. The van der Waals surface area contributed by atoms with Crippen LogP contribution < -0.4 is 9.64 Å². The number of nitrogens with zero attached hydrogens (tertiary/aromatic N) is 8. The Kier molecular flexibility index (Phi) is 10.8. The van der Waals surface area contributed by atoms with Crippen LogP contribution in [0.1, 0.15) is 82.7 Å². The lowest BCUT2D eigenvalue weighted by Crippen LogP contribution is -2.59. The summed E-state index contributed by atoms with van der Waals surface area (Å²) in [7, 11) is 0.